The maximum Gasteiger partial charge on any atom is 0.315 e. The zero-order chi connectivity index (χ0) is 20.9. The first kappa shape index (κ1) is 19.7. The highest BCUT2D eigenvalue weighted by molar-refractivity contribution is 6.46. The predicted molar refractivity (Wildman–Crippen MR) is 105 cm³/mol. The van der Waals surface area contributed by atoms with Crippen LogP contribution in [0.25, 0.3) is 22.0 Å². The highest BCUT2D eigenvalue weighted by Gasteiger charge is 2.30. The van der Waals surface area contributed by atoms with Gasteiger partial charge in [-0.05, 0) is 6.07 Å². The Morgan fingerprint density at radius 2 is 2.07 bits per heavy atom. The van der Waals surface area contributed by atoms with Crippen LogP contribution in [0.3, 0.4) is 0 Å². The lowest BCUT2D eigenvalue weighted by molar-refractivity contribution is -0.130. The average Bonchev–Trinajstić information content (AvgIpc) is 3.30. The molecule has 0 fully saturated rings. The molecule has 29 heavy (non-hydrogen) atoms. The van der Waals surface area contributed by atoms with E-state index >= 15 is 0 Å². The number of amides is 2. The van der Waals surface area contributed by atoms with Crippen LogP contribution in [0.2, 0.25) is 10.0 Å². The van der Waals surface area contributed by atoms with Crippen molar-refractivity contribution in [1.82, 2.24) is 19.7 Å². The SMILES string of the molecule is CC(=O)N1CCn2c(c(-c3cn[nH]c3)c3c(NC(=O)C(F)F)cc(Cl)c(Cl)c32)C1. The van der Waals surface area contributed by atoms with Gasteiger partial charge in [-0.1, -0.05) is 23.2 Å². The Balaban J connectivity index is 2.05. The molecular formula is C18H15Cl2F2N5O2. The number of aromatic amines is 1. The fourth-order valence-electron chi connectivity index (χ4n) is 3.68. The van der Waals surface area contributed by atoms with Gasteiger partial charge in [0.15, 0.2) is 0 Å². The Morgan fingerprint density at radius 1 is 1.31 bits per heavy atom. The summed E-state index contributed by atoms with van der Waals surface area (Å²) in [4.78, 5) is 25.3. The van der Waals surface area contributed by atoms with Gasteiger partial charge in [-0.3, -0.25) is 14.7 Å². The lowest BCUT2D eigenvalue weighted by Gasteiger charge is -2.29. The molecule has 1 aromatic carbocycles. The van der Waals surface area contributed by atoms with Crippen molar-refractivity contribution in [2.45, 2.75) is 26.4 Å². The summed E-state index contributed by atoms with van der Waals surface area (Å²) in [5.74, 6) is -1.53. The van der Waals surface area contributed by atoms with Crippen molar-refractivity contribution >= 4 is 51.6 Å². The minimum absolute atomic E-state index is 0.0880. The molecule has 2 aromatic heterocycles. The first-order valence-corrected chi connectivity index (χ1v) is 9.42. The molecule has 0 unspecified atom stereocenters. The monoisotopic (exact) mass is 441 g/mol. The van der Waals surface area contributed by atoms with Crippen molar-refractivity contribution in [3.05, 3.63) is 34.2 Å². The quantitative estimate of drug-likeness (QED) is 0.646. The zero-order valence-electron chi connectivity index (χ0n) is 15.1. The van der Waals surface area contributed by atoms with Crippen molar-refractivity contribution in [1.29, 1.82) is 0 Å². The summed E-state index contributed by atoms with van der Waals surface area (Å²) in [5.41, 5.74) is 2.69. The number of rotatable bonds is 3. The van der Waals surface area contributed by atoms with E-state index in [-0.39, 0.29) is 21.6 Å². The summed E-state index contributed by atoms with van der Waals surface area (Å²) >= 11 is 12.7. The third kappa shape index (κ3) is 3.24. The molecule has 0 saturated heterocycles. The van der Waals surface area contributed by atoms with Crippen LogP contribution in [0.15, 0.2) is 18.5 Å². The second kappa shape index (κ2) is 7.31. The lowest BCUT2D eigenvalue weighted by Crippen LogP contribution is -2.36. The molecule has 0 bridgehead atoms. The fourth-order valence-corrected chi connectivity index (χ4v) is 4.13. The van der Waals surface area contributed by atoms with E-state index in [1.165, 1.54) is 13.0 Å². The molecule has 3 aromatic rings. The Hall–Kier alpha value is -2.65. The number of nitrogens with one attached hydrogen (secondary N) is 2. The van der Waals surface area contributed by atoms with Crippen molar-refractivity contribution in [3.8, 4) is 11.1 Å². The molecule has 0 spiro atoms. The number of anilines is 1. The van der Waals surface area contributed by atoms with Gasteiger partial charge < -0.3 is 14.8 Å². The minimum atomic E-state index is -3.19. The summed E-state index contributed by atoms with van der Waals surface area (Å²) in [6, 6.07) is 1.35. The molecule has 1 aliphatic rings. The largest absolute Gasteiger partial charge is 0.339 e. The van der Waals surface area contributed by atoms with Gasteiger partial charge in [0.25, 0.3) is 5.91 Å². The van der Waals surface area contributed by atoms with E-state index in [1.807, 2.05) is 4.57 Å². The van der Waals surface area contributed by atoms with Crippen molar-refractivity contribution in [2.75, 3.05) is 11.9 Å². The summed E-state index contributed by atoms with van der Waals surface area (Å²) in [6.45, 7) is 2.67. The highest BCUT2D eigenvalue weighted by Crippen LogP contribution is 2.46. The first-order valence-electron chi connectivity index (χ1n) is 8.66. The molecule has 1 aliphatic heterocycles. The molecule has 0 atom stereocenters. The molecule has 2 N–H and O–H groups in total. The van der Waals surface area contributed by atoms with E-state index in [0.29, 0.717) is 41.7 Å². The molecule has 0 aliphatic carbocycles. The molecule has 3 heterocycles. The minimum Gasteiger partial charge on any atom is -0.339 e. The van der Waals surface area contributed by atoms with Gasteiger partial charge in [0.1, 0.15) is 0 Å². The van der Waals surface area contributed by atoms with Crippen LogP contribution >= 0.6 is 23.2 Å². The Kier molecular flexibility index (Phi) is 4.95. The summed E-state index contributed by atoms with van der Waals surface area (Å²) in [7, 11) is 0. The van der Waals surface area contributed by atoms with E-state index in [2.05, 4.69) is 15.5 Å². The van der Waals surface area contributed by atoms with E-state index in [0.717, 1.165) is 5.69 Å². The lowest BCUT2D eigenvalue weighted by atomic mass is 10.0. The number of H-pyrrole nitrogens is 1. The van der Waals surface area contributed by atoms with Gasteiger partial charge in [-0.2, -0.15) is 13.9 Å². The number of aromatic nitrogens is 3. The second-order valence-corrected chi connectivity index (χ2v) is 7.42. The smallest absolute Gasteiger partial charge is 0.315 e. The molecule has 4 rings (SSSR count). The fraction of sp³-hybridized carbons (Fsp3) is 0.278. The molecule has 152 valence electrons. The van der Waals surface area contributed by atoms with Crippen LogP contribution in [0, 0.1) is 0 Å². The van der Waals surface area contributed by atoms with E-state index < -0.39 is 12.3 Å². The van der Waals surface area contributed by atoms with E-state index in [4.69, 9.17) is 23.2 Å². The van der Waals surface area contributed by atoms with E-state index in [9.17, 15) is 18.4 Å². The Bertz CT molecular complexity index is 1130. The Morgan fingerprint density at radius 3 is 2.69 bits per heavy atom. The summed E-state index contributed by atoms with van der Waals surface area (Å²) < 4.78 is 27.7. The van der Waals surface area contributed by atoms with Crippen LogP contribution in [0.1, 0.15) is 12.6 Å². The van der Waals surface area contributed by atoms with Gasteiger partial charge in [0.2, 0.25) is 5.91 Å². The second-order valence-electron chi connectivity index (χ2n) is 6.63. The number of hydrogen-bond donors (Lipinski definition) is 2. The highest BCUT2D eigenvalue weighted by atomic mass is 35.5. The summed E-state index contributed by atoms with van der Waals surface area (Å²) in [6.07, 6.45) is 0.0231. The van der Waals surface area contributed by atoms with Gasteiger partial charge >= 0.3 is 6.43 Å². The molecule has 2 amide bonds. The molecular weight excluding hydrogens is 427 g/mol. The van der Waals surface area contributed by atoms with Gasteiger partial charge in [-0.25, -0.2) is 0 Å². The normalized spacial score (nSPS) is 13.8. The van der Waals surface area contributed by atoms with Crippen LogP contribution in [0.5, 0.6) is 0 Å². The number of hydrogen-bond acceptors (Lipinski definition) is 3. The third-order valence-electron chi connectivity index (χ3n) is 4.95. The number of halogens is 4. The van der Waals surface area contributed by atoms with Crippen molar-refractivity contribution < 1.29 is 18.4 Å². The number of nitrogens with zero attached hydrogens (tertiary/aromatic N) is 3. The van der Waals surface area contributed by atoms with Crippen molar-refractivity contribution in [3.63, 3.8) is 0 Å². The number of carbonyl (C=O) groups excluding carboxylic acids is 2. The van der Waals surface area contributed by atoms with Crippen LogP contribution in [-0.2, 0) is 22.7 Å². The maximum absolute atomic E-state index is 12.9. The van der Waals surface area contributed by atoms with Crippen LogP contribution in [-0.4, -0.2) is 44.4 Å². The average molecular weight is 442 g/mol. The first-order chi connectivity index (χ1) is 13.8. The summed E-state index contributed by atoms with van der Waals surface area (Å²) in [5, 5.41) is 9.76. The predicted octanol–water partition coefficient (Wildman–Crippen LogP) is 3.90. The number of benzene rings is 1. The van der Waals surface area contributed by atoms with Gasteiger partial charge in [-0.15, -0.1) is 0 Å². The number of carbonyl (C=O) groups is 2. The number of fused-ring (bicyclic) bond motifs is 3. The van der Waals surface area contributed by atoms with Gasteiger partial charge in [0.05, 0.1) is 34.0 Å². The standard InChI is InChI=1S/C18H15Cl2F2N5O2/c1-8(28)26-2-3-27-12(7-26)13(9-5-23-24-6-9)14-11(25-18(29)17(21)22)4-10(19)15(20)16(14)27/h4-6,17H,2-3,7H2,1H3,(H,23,24)(H,25,29). The molecule has 11 heteroatoms. The molecule has 0 saturated carbocycles. The topological polar surface area (TPSA) is 83.0 Å². The zero-order valence-corrected chi connectivity index (χ0v) is 16.6. The van der Waals surface area contributed by atoms with Crippen LogP contribution < -0.4 is 5.32 Å². The molecule has 7 nitrogen and oxygen atoms in total. The number of alkyl halides is 2. The maximum atomic E-state index is 12.9. The van der Waals surface area contributed by atoms with Crippen LogP contribution in [0.4, 0.5) is 14.5 Å². The van der Waals surface area contributed by atoms with Gasteiger partial charge in [0, 0.05) is 48.4 Å². The molecule has 0 radical (unpaired) electrons. The van der Waals surface area contributed by atoms with E-state index in [1.54, 1.807) is 17.3 Å². The Labute approximate surface area is 173 Å². The van der Waals surface area contributed by atoms with Crippen molar-refractivity contribution in [2.24, 2.45) is 0 Å². The third-order valence-corrected chi connectivity index (χ3v) is 5.73.